The summed E-state index contributed by atoms with van der Waals surface area (Å²) in [7, 11) is 1.67. The highest BCUT2D eigenvalue weighted by Crippen LogP contribution is 2.43. The molecule has 0 aliphatic carbocycles. The van der Waals surface area contributed by atoms with Crippen LogP contribution in [-0.4, -0.2) is 78.3 Å². The highest BCUT2D eigenvalue weighted by atomic mass is 19.1. The summed E-state index contributed by atoms with van der Waals surface area (Å²) in [6.07, 6.45) is 3.48. The summed E-state index contributed by atoms with van der Waals surface area (Å²) in [5, 5.41) is 2.79. The van der Waals surface area contributed by atoms with Gasteiger partial charge < -0.3 is 24.8 Å². The minimum Gasteiger partial charge on any atom is -0.444 e. The third kappa shape index (κ3) is 6.32. The van der Waals surface area contributed by atoms with Gasteiger partial charge in [0, 0.05) is 68.8 Å². The van der Waals surface area contributed by atoms with E-state index >= 15 is 4.39 Å². The van der Waals surface area contributed by atoms with E-state index in [1.54, 1.807) is 24.1 Å². The van der Waals surface area contributed by atoms with Gasteiger partial charge in [-0.05, 0) is 64.5 Å². The molecular weight excluding hydrogens is 535 g/mol. The van der Waals surface area contributed by atoms with Crippen LogP contribution in [0.2, 0.25) is 0 Å². The van der Waals surface area contributed by atoms with E-state index in [2.05, 4.69) is 29.0 Å². The zero-order valence-corrected chi connectivity index (χ0v) is 25.9. The van der Waals surface area contributed by atoms with Crippen molar-refractivity contribution in [2.75, 3.05) is 49.6 Å². The summed E-state index contributed by atoms with van der Waals surface area (Å²) in [4.78, 5) is 41.6. The van der Waals surface area contributed by atoms with Gasteiger partial charge in [-0.1, -0.05) is 26.0 Å². The summed E-state index contributed by atoms with van der Waals surface area (Å²) in [5.41, 5.74) is 1.48. The maximum atomic E-state index is 15.2. The molecule has 2 amide bonds. The molecule has 1 spiro atoms. The quantitative estimate of drug-likeness (QED) is 0.491. The molecule has 0 saturated carbocycles. The normalized spacial score (nSPS) is 18.6. The van der Waals surface area contributed by atoms with Crippen molar-refractivity contribution in [2.45, 2.75) is 78.4 Å². The van der Waals surface area contributed by atoms with E-state index in [1.807, 2.05) is 26.8 Å². The second-order valence-corrected chi connectivity index (χ2v) is 13.6. The van der Waals surface area contributed by atoms with Crippen LogP contribution in [0.15, 0.2) is 24.3 Å². The van der Waals surface area contributed by atoms with Crippen molar-refractivity contribution in [3.05, 3.63) is 35.6 Å². The number of halogens is 1. The predicted molar refractivity (Wildman–Crippen MR) is 162 cm³/mol. The number of hydrogen-bond donors (Lipinski definition) is 1. The van der Waals surface area contributed by atoms with Crippen LogP contribution in [0.3, 0.4) is 0 Å². The van der Waals surface area contributed by atoms with Gasteiger partial charge in [-0.15, -0.1) is 0 Å². The van der Waals surface area contributed by atoms with E-state index in [9.17, 15) is 9.59 Å². The minimum absolute atomic E-state index is 0.00242. The lowest BCUT2D eigenvalue weighted by Crippen LogP contribution is -2.60. The number of nitrogens with one attached hydrogen (secondary N) is 1. The summed E-state index contributed by atoms with van der Waals surface area (Å²) in [6.45, 7) is 13.5. The Labute approximate surface area is 248 Å². The molecule has 0 radical (unpaired) electrons. The molecule has 10 heteroatoms. The highest BCUT2D eigenvalue weighted by molar-refractivity contribution is 5.78. The SMILES string of the molecule is CNC(=O)C[C@H](CC(C)C)N1CCCc2c(-c3ccccc3F)nc(N3CCC4(CN(C(=O)OC(C)(C)C)C4)C3)nc21. The van der Waals surface area contributed by atoms with Crippen molar-refractivity contribution in [3.63, 3.8) is 0 Å². The number of hydrogen-bond acceptors (Lipinski definition) is 7. The zero-order valence-electron chi connectivity index (χ0n) is 25.9. The predicted octanol–water partition coefficient (Wildman–Crippen LogP) is 5.03. The van der Waals surface area contributed by atoms with Crippen molar-refractivity contribution in [2.24, 2.45) is 11.3 Å². The topological polar surface area (TPSA) is 90.9 Å². The lowest BCUT2D eigenvalue weighted by molar-refractivity contribution is -0.121. The average Bonchev–Trinajstić information content (AvgIpc) is 3.36. The molecule has 2 aromatic rings. The van der Waals surface area contributed by atoms with E-state index in [4.69, 9.17) is 14.7 Å². The van der Waals surface area contributed by atoms with Gasteiger partial charge in [0.15, 0.2) is 0 Å². The van der Waals surface area contributed by atoms with Crippen molar-refractivity contribution in [1.29, 1.82) is 0 Å². The van der Waals surface area contributed by atoms with Crippen molar-refractivity contribution in [3.8, 4) is 11.3 Å². The molecule has 3 aliphatic rings. The van der Waals surface area contributed by atoms with E-state index in [-0.39, 0.29) is 29.3 Å². The summed E-state index contributed by atoms with van der Waals surface area (Å²) >= 11 is 0. The largest absolute Gasteiger partial charge is 0.444 e. The average molecular weight is 581 g/mol. The maximum Gasteiger partial charge on any atom is 0.410 e. The molecular formula is C32H45FN6O3. The molecule has 1 aromatic carbocycles. The fraction of sp³-hybridized carbons (Fsp3) is 0.625. The van der Waals surface area contributed by atoms with Gasteiger partial charge in [0.25, 0.3) is 0 Å². The number of ether oxygens (including phenoxy) is 1. The molecule has 2 saturated heterocycles. The minimum atomic E-state index is -0.529. The number of aromatic nitrogens is 2. The summed E-state index contributed by atoms with van der Waals surface area (Å²) in [5.74, 6) is 1.47. The highest BCUT2D eigenvalue weighted by Gasteiger charge is 2.51. The smallest absolute Gasteiger partial charge is 0.410 e. The maximum absolute atomic E-state index is 15.2. The van der Waals surface area contributed by atoms with Crippen LogP contribution in [-0.2, 0) is 16.0 Å². The number of amides is 2. The first-order valence-corrected chi connectivity index (χ1v) is 15.2. The van der Waals surface area contributed by atoms with Crippen LogP contribution in [0, 0.1) is 17.2 Å². The lowest BCUT2D eigenvalue weighted by atomic mass is 9.79. The van der Waals surface area contributed by atoms with Crippen LogP contribution in [0.25, 0.3) is 11.3 Å². The standard InChI is InChI=1S/C32H45FN6O3/c1-21(2)16-22(17-26(40)34-6)39-14-9-11-24-27(23-10-7-8-12-25(23)33)35-29(36-28(24)39)37-15-13-32(18-37)19-38(20-32)30(41)42-31(3,4)5/h7-8,10,12,21-22H,9,11,13-20H2,1-6H3,(H,34,40)/t22-/m0/s1. The van der Waals surface area contributed by atoms with Gasteiger partial charge in [0.1, 0.15) is 17.2 Å². The van der Waals surface area contributed by atoms with Gasteiger partial charge in [-0.2, -0.15) is 4.98 Å². The summed E-state index contributed by atoms with van der Waals surface area (Å²) in [6, 6.07) is 6.76. The van der Waals surface area contributed by atoms with Crippen LogP contribution in [0.4, 0.5) is 21.0 Å². The van der Waals surface area contributed by atoms with E-state index in [1.165, 1.54) is 6.07 Å². The van der Waals surface area contributed by atoms with E-state index < -0.39 is 5.60 Å². The molecule has 228 valence electrons. The molecule has 42 heavy (non-hydrogen) atoms. The molecule has 5 rings (SSSR count). The molecule has 1 aromatic heterocycles. The molecule has 1 atom stereocenters. The van der Waals surface area contributed by atoms with Gasteiger partial charge in [0.05, 0.1) is 5.69 Å². The number of benzene rings is 1. The first-order valence-electron chi connectivity index (χ1n) is 15.2. The Bertz CT molecular complexity index is 1320. The lowest BCUT2D eigenvalue weighted by Gasteiger charge is -2.47. The molecule has 0 bridgehead atoms. The third-order valence-electron chi connectivity index (χ3n) is 8.51. The molecule has 0 unspecified atom stereocenters. The number of carbonyl (C=O) groups is 2. The number of nitrogens with zero attached hydrogens (tertiary/aromatic N) is 5. The fourth-order valence-corrected chi connectivity index (χ4v) is 6.60. The summed E-state index contributed by atoms with van der Waals surface area (Å²) < 4.78 is 20.8. The molecule has 9 nitrogen and oxygen atoms in total. The van der Waals surface area contributed by atoms with Crippen LogP contribution < -0.4 is 15.1 Å². The third-order valence-corrected chi connectivity index (χ3v) is 8.51. The van der Waals surface area contributed by atoms with Gasteiger partial charge in [-0.25, -0.2) is 14.2 Å². The second-order valence-electron chi connectivity index (χ2n) is 13.6. The molecule has 1 N–H and O–H groups in total. The van der Waals surface area contributed by atoms with Gasteiger partial charge >= 0.3 is 6.09 Å². The van der Waals surface area contributed by atoms with Crippen LogP contribution in [0.1, 0.15) is 65.9 Å². The van der Waals surface area contributed by atoms with Crippen LogP contribution >= 0.6 is 0 Å². The molecule has 2 fully saturated rings. The Morgan fingerprint density at radius 3 is 2.52 bits per heavy atom. The van der Waals surface area contributed by atoms with E-state index in [0.717, 1.165) is 56.7 Å². The number of likely N-dealkylation sites (tertiary alicyclic amines) is 1. The zero-order chi connectivity index (χ0) is 30.2. The van der Waals surface area contributed by atoms with Crippen LogP contribution in [0.5, 0.6) is 0 Å². The van der Waals surface area contributed by atoms with Crippen molar-refractivity contribution >= 4 is 23.8 Å². The number of carbonyl (C=O) groups excluding carboxylic acids is 2. The van der Waals surface area contributed by atoms with Gasteiger partial charge in [0.2, 0.25) is 11.9 Å². The van der Waals surface area contributed by atoms with Crippen molar-refractivity contribution in [1.82, 2.24) is 20.2 Å². The second kappa shape index (κ2) is 11.7. The first kappa shape index (κ1) is 30.0. The van der Waals surface area contributed by atoms with E-state index in [0.29, 0.717) is 42.6 Å². The number of anilines is 2. The van der Waals surface area contributed by atoms with Gasteiger partial charge in [-0.3, -0.25) is 4.79 Å². The Hall–Kier alpha value is -3.43. The first-order chi connectivity index (χ1) is 19.9. The Balaban J connectivity index is 1.48. The Morgan fingerprint density at radius 1 is 1.12 bits per heavy atom. The molecule has 3 aliphatic heterocycles. The number of rotatable bonds is 7. The monoisotopic (exact) mass is 580 g/mol. The van der Waals surface area contributed by atoms with Crippen molar-refractivity contribution < 1.29 is 18.7 Å². The fourth-order valence-electron chi connectivity index (χ4n) is 6.60. The molecule has 4 heterocycles. The Kier molecular flexibility index (Phi) is 8.36. The number of fused-ring (bicyclic) bond motifs is 1. The Morgan fingerprint density at radius 2 is 1.86 bits per heavy atom.